The van der Waals surface area contributed by atoms with Crippen molar-refractivity contribution in [3.05, 3.63) is 34.6 Å². The summed E-state index contributed by atoms with van der Waals surface area (Å²) in [5, 5.41) is 0. The highest BCUT2D eigenvalue weighted by molar-refractivity contribution is 6.75. The highest BCUT2D eigenvalue weighted by Gasteiger charge is 2.37. The van der Waals surface area contributed by atoms with Crippen LogP contribution in [-0.2, 0) is 6.42 Å². The van der Waals surface area contributed by atoms with Gasteiger partial charge < -0.3 is 4.80 Å². The number of benzene rings is 1. The molecular weight excluding hydrogens is 331 g/mol. The van der Waals surface area contributed by atoms with E-state index in [9.17, 15) is 26.7 Å². The molecule has 0 atom stereocenters. The number of halogens is 5. The van der Waals surface area contributed by atoms with E-state index in [1.54, 1.807) is 0 Å². The van der Waals surface area contributed by atoms with Crippen molar-refractivity contribution >= 4 is 8.32 Å². The van der Waals surface area contributed by atoms with Gasteiger partial charge in [0.1, 0.15) is 0 Å². The molecular formula is C16H23F5OSi. The third kappa shape index (κ3) is 4.12. The fourth-order valence-electron chi connectivity index (χ4n) is 2.82. The van der Waals surface area contributed by atoms with Crippen molar-refractivity contribution in [1.82, 2.24) is 0 Å². The topological polar surface area (TPSA) is 20.2 Å². The average Bonchev–Trinajstić information content (AvgIpc) is 2.49. The van der Waals surface area contributed by atoms with Crippen molar-refractivity contribution < 1.29 is 26.7 Å². The molecule has 23 heavy (non-hydrogen) atoms. The maximum absolute atomic E-state index is 13.6. The molecule has 1 aromatic rings. The lowest BCUT2D eigenvalue weighted by Crippen LogP contribution is -2.41. The van der Waals surface area contributed by atoms with Gasteiger partial charge in [-0.15, -0.1) is 0 Å². The van der Waals surface area contributed by atoms with Crippen LogP contribution in [0.1, 0.15) is 46.1 Å². The summed E-state index contributed by atoms with van der Waals surface area (Å²) >= 11 is 0. The minimum absolute atomic E-state index is 0.136. The van der Waals surface area contributed by atoms with E-state index in [1.807, 2.05) is 27.7 Å². The summed E-state index contributed by atoms with van der Waals surface area (Å²) in [7, 11) is -2.50. The Morgan fingerprint density at radius 2 is 1.13 bits per heavy atom. The molecule has 132 valence electrons. The van der Waals surface area contributed by atoms with Gasteiger partial charge >= 0.3 is 0 Å². The van der Waals surface area contributed by atoms with E-state index in [4.69, 9.17) is 0 Å². The molecule has 0 aliphatic heterocycles. The Hall–Kier alpha value is -0.953. The third-order valence-corrected chi connectivity index (χ3v) is 9.71. The molecule has 0 aliphatic carbocycles. The highest BCUT2D eigenvalue weighted by atomic mass is 28.4. The Morgan fingerprint density at radius 3 is 1.52 bits per heavy atom. The summed E-state index contributed by atoms with van der Waals surface area (Å²) in [5.74, 6) is -9.48. The smallest absolute Gasteiger partial charge is 0.200 e. The van der Waals surface area contributed by atoms with Crippen molar-refractivity contribution in [1.29, 1.82) is 0 Å². The lowest BCUT2D eigenvalue weighted by atomic mass is 10.1. The third-order valence-electron chi connectivity index (χ3n) is 4.55. The van der Waals surface area contributed by atoms with Crippen LogP contribution in [0.15, 0.2) is 0 Å². The zero-order valence-electron chi connectivity index (χ0n) is 13.8. The van der Waals surface area contributed by atoms with E-state index in [1.165, 1.54) is 0 Å². The SMILES string of the molecule is CC(C)[Si](O)(CCCCc1c(F)c(F)c(F)c(F)c1F)C(C)C. The molecule has 1 rings (SSSR count). The van der Waals surface area contributed by atoms with Crippen LogP contribution in [0, 0.1) is 29.1 Å². The molecule has 0 saturated carbocycles. The summed E-state index contributed by atoms with van der Waals surface area (Å²) in [5.41, 5.74) is -0.505. The molecule has 1 nitrogen and oxygen atoms in total. The second-order valence-corrected chi connectivity index (χ2v) is 11.3. The van der Waals surface area contributed by atoms with Gasteiger partial charge in [-0.1, -0.05) is 34.1 Å². The summed E-state index contributed by atoms with van der Waals surface area (Å²) in [6, 6.07) is 0.539. The zero-order valence-corrected chi connectivity index (χ0v) is 14.8. The highest BCUT2D eigenvalue weighted by Crippen LogP contribution is 2.35. The van der Waals surface area contributed by atoms with E-state index in [0.29, 0.717) is 12.5 Å². The van der Waals surface area contributed by atoms with Gasteiger partial charge in [-0.25, -0.2) is 22.0 Å². The van der Waals surface area contributed by atoms with Gasteiger partial charge in [0.05, 0.1) is 0 Å². The molecule has 0 spiro atoms. The van der Waals surface area contributed by atoms with Crippen LogP contribution in [0.2, 0.25) is 17.1 Å². The Morgan fingerprint density at radius 1 is 0.739 bits per heavy atom. The van der Waals surface area contributed by atoms with Gasteiger partial charge in [0.2, 0.25) is 5.82 Å². The first-order valence-corrected chi connectivity index (χ1v) is 10.1. The minimum Gasteiger partial charge on any atom is -0.431 e. The van der Waals surface area contributed by atoms with E-state index in [2.05, 4.69) is 0 Å². The van der Waals surface area contributed by atoms with Crippen LogP contribution in [0.25, 0.3) is 0 Å². The monoisotopic (exact) mass is 354 g/mol. The molecule has 0 fully saturated rings. The van der Waals surface area contributed by atoms with Crippen molar-refractivity contribution in [2.24, 2.45) is 0 Å². The van der Waals surface area contributed by atoms with Crippen molar-refractivity contribution in [2.45, 2.75) is 64.1 Å². The maximum atomic E-state index is 13.6. The van der Waals surface area contributed by atoms with Gasteiger partial charge in [0.15, 0.2) is 31.6 Å². The van der Waals surface area contributed by atoms with E-state index in [-0.39, 0.29) is 23.9 Å². The van der Waals surface area contributed by atoms with Crippen LogP contribution >= 0.6 is 0 Å². The van der Waals surface area contributed by atoms with E-state index in [0.717, 1.165) is 0 Å². The van der Waals surface area contributed by atoms with Gasteiger partial charge in [0.25, 0.3) is 0 Å². The molecule has 0 aliphatic rings. The molecule has 0 radical (unpaired) electrons. The number of unbranched alkanes of at least 4 members (excludes halogenated alkanes) is 1. The first-order valence-electron chi connectivity index (χ1n) is 7.76. The van der Waals surface area contributed by atoms with Gasteiger partial charge in [-0.05, 0) is 30.0 Å². The Kier molecular flexibility index (Phi) is 6.77. The molecule has 0 aromatic heterocycles. The fourth-order valence-corrected chi connectivity index (χ4v) is 6.13. The molecule has 0 saturated heterocycles. The van der Waals surface area contributed by atoms with E-state index >= 15 is 0 Å². The molecule has 7 heteroatoms. The van der Waals surface area contributed by atoms with Crippen molar-refractivity contribution in [2.75, 3.05) is 0 Å². The molecule has 0 bridgehead atoms. The van der Waals surface area contributed by atoms with Gasteiger partial charge in [-0.3, -0.25) is 0 Å². The van der Waals surface area contributed by atoms with Crippen LogP contribution in [-0.4, -0.2) is 13.1 Å². The summed E-state index contributed by atoms with van der Waals surface area (Å²) in [6.07, 6.45) is 0.498. The maximum Gasteiger partial charge on any atom is 0.200 e. The number of hydrogen-bond donors (Lipinski definition) is 1. The van der Waals surface area contributed by atoms with Gasteiger partial charge in [0, 0.05) is 5.56 Å². The lowest BCUT2D eigenvalue weighted by Gasteiger charge is -2.33. The largest absolute Gasteiger partial charge is 0.431 e. The predicted octanol–water partition coefficient (Wildman–Crippen LogP) is 5.46. The van der Waals surface area contributed by atoms with Crippen LogP contribution in [0.4, 0.5) is 22.0 Å². The molecule has 0 unspecified atom stereocenters. The van der Waals surface area contributed by atoms with Crippen LogP contribution in [0.3, 0.4) is 0 Å². The first kappa shape index (κ1) is 20.1. The quantitative estimate of drug-likeness (QED) is 0.227. The Balaban J connectivity index is 2.78. The summed E-state index contributed by atoms with van der Waals surface area (Å²) < 4.78 is 66.3. The average molecular weight is 354 g/mol. The molecule has 1 N–H and O–H groups in total. The fraction of sp³-hybridized carbons (Fsp3) is 0.625. The molecule has 1 aromatic carbocycles. The van der Waals surface area contributed by atoms with Crippen LogP contribution < -0.4 is 0 Å². The Bertz CT molecular complexity index is 523. The molecule has 0 heterocycles. The van der Waals surface area contributed by atoms with E-state index < -0.39 is 43.0 Å². The minimum atomic E-state index is -2.50. The number of rotatable bonds is 7. The first-order chi connectivity index (χ1) is 10.5. The second-order valence-electron chi connectivity index (χ2n) is 6.56. The zero-order chi connectivity index (χ0) is 17.9. The van der Waals surface area contributed by atoms with Crippen molar-refractivity contribution in [3.63, 3.8) is 0 Å². The summed E-state index contributed by atoms with van der Waals surface area (Å²) in [6.45, 7) is 7.76. The van der Waals surface area contributed by atoms with Crippen molar-refractivity contribution in [3.8, 4) is 0 Å². The lowest BCUT2D eigenvalue weighted by molar-refractivity contribution is 0.369. The predicted molar refractivity (Wildman–Crippen MR) is 82.1 cm³/mol. The van der Waals surface area contributed by atoms with Crippen LogP contribution in [0.5, 0.6) is 0 Å². The standard InChI is InChI=1S/C16H23F5OSi/c1-9(2)23(22,10(3)4)8-6-5-7-11-12(17)14(19)16(21)15(20)13(11)18/h9-10,22H,5-8H2,1-4H3. The Labute approximate surface area is 134 Å². The van der Waals surface area contributed by atoms with Gasteiger partial charge in [-0.2, -0.15) is 0 Å². The number of hydrogen-bond acceptors (Lipinski definition) is 1. The molecule has 0 amide bonds. The summed E-state index contributed by atoms with van der Waals surface area (Å²) in [4.78, 5) is 10.7. The normalized spacial score (nSPS) is 12.5. The second kappa shape index (κ2) is 7.74.